The second kappa shape index (κ2) is 15.7. The number of rotatable bonds is 11. The Bertz CT molecular complexity index is 1810. The van der Waals surface area contributed by atoms with Crippen LogP contribution >= 0.6 is 0 Å². The second-order valence-electron chi connectivity index (χ2n) is 14.8. The van der Waals surface area contributed by atoms with Gasteiger partial charge in [-0.2, -0.15) is 0 Å². The van der Waals surface area contributed by atoms with Crippen molar-refractivity contribution in [1.29, 1.82) is 0 Å². The lowest BCUT2D eigenvalue weighted by Gasteiger charge is -2.50. The van der Waals surface area contributed by atoms with Gasteiger partial charge in [-0.05, 0) is 63.7 Å². The molecule has 54 heavy (non-hydrogen) atoms. The van der Waals surface area contributed by atoms with E-state index in [1.165, 1.54) is 25.1 Å². The van der Waals surface area contributed by atoms with Gasteiger partial charge in [-0.25, -0.2) is 4.79 Å². The third-order valence-corrected chi connectivity index (χ3v) is 10.9. The minimum Gasteiger partial charge on any atom is -0.508 e. The van der Waals surface area contributed by atoms with Crippen LogP contribution in [-0.2, 0) is 39.9 Å². The SMILES string of the molecule is CCCN(CC(=O)Nc1cc(N(C)C)c2c(c1O)C(O)=C1C(=O)[C@]3(O)C(O)=C(C(N)=O)C(=O)[C@@H](N(C)C)[C@@H]3C[C@@H]1C2)C(=O)OCOC(=O)C1CCCCC1. The number of nitrogens with two attached hydrogens (primary N) is 1. The molecule has 0 spiro atoms. The van der Waals surface area contributed by atoms with E-state index in [9.17, 15) is 49.2 Å². The van der Waals surface area contributed by atoms with Gasteiger partial charge in [0.05, 0.1) is 23.2 Å². The average molecular weight is 756 g/mol. The molecule has 0 saturated heterocycles. The van der Waals surface area contributed by atoms with Gasteiger partial charge in [-0.3, -0.25) is 33.8 Å². The summed E-state index contributed by atoms with van der Waals surface area (Å²) in [6, 6.07) is 0.252. The number of benzene rings is 1. The summed E-state index contributed by atoms with van der Waals surface area (Å²) in [4.78, 5) is 82.7. The van der Waals surface area contributed by atoms with Crippen LogP contribution in [0.25, 0.3) is 5.76 Å². The van der Waals surface area contributed by atoms with Gasteiger partial charge in [-0.15, -0.1) is 0 Å². The van der Waals surface area contributed by atoms with Crippen LogP contribution in [0, 0.1) is 17.8 Å². The molecule has 1 aromatic rings. The molecule has 5 rings (SSSR count). The number of aromatic hydroxyl groups is 1. The van der Waals surface area contributed by atoms with Gasteiger partial charge in [0.25, 0.3) is 5.91 Å². The molecule has 0 aliphatic heterocycles. The Kier molecular flexibility index (Phi) is 11.6. The van der Waals surface area contributed by atoms with E-state index < -0.39 is 95.1 Å². The predicted molar refractivity (Wildman–Crippen MR) is 193 cm³/mol. The van der Waals surface area contributed by atoms with Crippen molar-refractivity contribution in [2.45, 2.75) is 69.9 Å². The number of aliphatic hydroxyl groups excluding tert-OH is 2. The lowest BCUT2D eigenvalue weighted by molar-refractivity contribution is -0.158. The topological polar surface area (TPSA) is 250 Å². The molecule has 4 aliphatic rings. The number of hydrogen-bond acceptors (Lipinski definition) is 14. The highest BCUT2D eigenvalue weighted by molar-refractivity contribution is 6.24. The Hall–Kier alpha value is -5.16. The number of nitrogens with one attached hydrogen (secondary N) is 1. The number of amides is 3. The number of phenols is 1. The van der Waals surface area contributed by atoms with Crippen LogP contribution in [0.3, 0.4) is 0 Å². The van der Waals surface area contributed by atoms with Gasteiger partial charge < -0.3 is 45.9 Å². The number of fused-ring (bicyclic) bond motifs is 3. The highest BCUT2D eigenvalue weighted by Crippen LogP contribution is 2.54. The molecule has 294 valence electrons. The maximum absolute atomic E-state index is 14.2. The maximum Gasteiger partial charge on any atom is 0.413 e. The highest BCUT2D eigenvalue weighted by atomic mass is 16.7. The molecule has 0 unspecified atom stereocenters. The van der Waals surface area contributed by atoms with Crippen molar-refractivity contribution < 1.29 is 58.7 Å². The summed E-state index contributed by atoms with van der Waals surface area (Å²) in [7, 11) is 6.42. The molecule has 0 bridgehead atoms. The Morgan fingerprint density at radius 1 is 1.02 bits per heavy atom. The molecule has 3 amide bonds. The van der Waals surface area contributed by atoms with E-state index in [4.69, 9.17) is 15.2 Å². The van der Waals surface area contributed by atoms with Gasteiger partial charge in [-0.1, -0.05) is 26.2 Å². The van der Waals surface area contributed by atoms with Crippen LogP contribution in [0.15, 0.2) is 23.0 Å². The first-order valence-electron chi connectivity index (χ1n) is 18.0. The number of primary amides is 1. The summed E-state index contributed by atoms with van der Waals surface area (Å²) >= 11 is 0. The number of Topliss-reactive ketones (excluding diaryl/α,β-unsaturated/α-hetero) is 2. The number of anilines is 2. The molecular weight excluding hydrogens is 706 g/mol. The fourth-order valence-corrected chi connectivity index (χ4v) is 8.34. The molecule has 17 nitrogen and oxygen atoms in total. The van der Waals surface area contributed by atoms with Crippen LogP contribution < -0.4 is 16.0 Å². The summed E-state index contributed by atoms with van der Waals surface area (Å²) in [6.07, 6.45) is 3.86. The van der Waals surface area contributed by atoms with E-state index in [0.717, 1.165) is 24.2 Å². The number of carbonyl (C=O) groups excluding carboxylic acids is 6. The Morgan fingerprint density at radius 2 is 1.69 bits per heavy atom. The molecule has 17 heteroatoms. The van der Waals surface area contributed by atoms with Crippen molar-refractivity contribution in [3.8, 4) is 5.75 Å². The summed E-state index contributed by atoms with van der Waals surface area (Å²) in [6.45, 7) is 0.769. The Morgan fingerprint density at radius 3 is 2.28 bits per heavy atom. The quantitative estimate of drug-likeness (QED) is 0.0817. The van der Waals surface area contributed by atoms with E-state index in [2.05, 4.69) is 5.32 Å². The van der Waals surface area contributed by atoms with Gasteiger partial charge in [0.1, 0.15) is 29.4 Å². The monoisotopic (exact) mass is 755 g/mol. The Labute approximate surface area is 312 Å². The molecule has 7 N–H and O–H groups in total. The van der Waals surface area contributed by atoms with Gasteiger partial charge in [0.2, 0.25) is 18.5 Å². The normalized spacial score (nSPS) is 24.0. The fourth-order valence-electron chi connectivity index (χ4n) is 8.34. The van der Waals surface area contributed by atoms with Crippen LogP contribution in [0.1, 0.15) is 63.0 Å². The zero-order valence-electron chi connectivity index (χ0n) is 31.1. The molecule has 0 aromatic heterocycles. The van der Waals surface area contributed by atoms with Crippen molar-refractivity contribution in [3.05, 3.63) is 34.1 Å². The van der Waals surface area contributed by atoms with Crippen molar-refractivity contribution in [2.75, 3.05) is 58.3 Å². The minimum absolute atomic E-state index is 0.0469. The number of carbonyl (C=O) groups is 6. The minimum atomic E-state index is -2.80. The number of likely N-dealkylation sites (N-methyl/N-ethyl adjacent to an activating group) is 1. The molecule has 4 atom stereocenters. The molecule has 0 heterocycles. The third kappa shape index (κ3) is 7.09. The smallest absolute Gasteiger partial charge is 0.413 e. The van der Waals surface area contributed by atoms with Crippen LogP contribution in [0.2, 0.25) is 0 Å². The van der Waals surface area contributed by atoms with Crippen molar-refractivity contribution in [2.24, 2.45) is 23.5 Å². The van der Waals surface area contributed by atoms with Crippen molar-refractivity contribution in [1.82, 2.24) is 9.80 Å². The number of ketones is 2. The number of aliphatic hydroxyl groups is 3. The molecular formula is C37H49N5O12. The zero-order chi connectivity index (χ0) is 39.8. The summed E-state index contributed by atoms with van der Waals surface area (Å²) in [5, 5.41) is 48.9. The molecule has 0 radical (unpaired) electrons. The zero-order valence-corrected chi connectivity index (χ0v) is 31.1. The van der Waals surface area contributed by atoms with Crippen LogP contribution in [0.5, 0.6) is 5.75 Å². The van der Waals surface area contributed by atoms with Crippen molar-refractivity contribution >= 4 is 52.6 Å². The van der Waals surface area contributed by atoms with E-state index >= 15 is 0 Å². The Balaban J connectivity index is 1.43. The fraction of sp³-hybridized carbons (Fsp3) is 0.568. The number of hydrogen-bond donors (Lipinski definition) is 6. The first-order valence-corrected chi connectivity index (χ1v) is 18.0. The number of phenolic OH excluding ortho intramolecular Hbond substituents is 1. The third-order valence-electron chi connectivity index (χ3n) is 10.9. The first-order chi connectivity index (χ1) is 25.4. The largest absolute Gasteiger partial charge is 0.508 e. The number of esters is 1. The number of ether oxygens (including phenoxy) is 2. The van der Waals surface area contributed by atoms with Gasteiger partial charge >= 0.3 is 12.1 Å². The van der Waals surface area contributed by atoms with Crippen LogP contribution in [-0.4, -0.2) is 125 Å². The van der Waals surface area contributed by atoms with Crippen LogP contribution in [0.4, 0.5) is 16.2 Å². The lowest BCUT2D eigenvalue weighted by Crippen LogP contribution is -2.65. The van der Waals surface area contributed by atoms with E-state index in [1.54, 1.807) is 25.9 Å². The number of nitrogens with zero attached hydrogens (tertiary/aromatic N) is 3. The van der Waals surface area contributed by atoms with Gasteiger partial charge in [0.15, 0.2) is 11.4 Å². The van der Waals surface area contributed by atoms with Gasteiger partial charge in [0, 0.05) is 37.8 Å². The second-order valence-corrected chi connectivity index (χ2v) is 14.8. The summed E-state index contributed by atoms with van der Waals surface area (Å²) < 4.78 is 10.3. The van der Waals surface area contributed by atoms with E-state index in [-0.39, 0.29) is 42.1 Å². The standard InChI is InChI=1S/C37H49N5O12/c1-6-12-42(36(51)54-17-53-35(50)18-10-8-7-9-11-18)16-24(43)39-22-15-23(40(2)3)20-13-19-14-21-28(41(4)5)31(46)27(34(38)49)33(48)37(21,52)32(47)25(19)30(45)26(20)29(22)44/h15,18-19,21,28,44-45,48,52H,6-14,16-17H2,1-5H3,(H2,38,49)(H,39,43)/t19-,21-,28-,37-/m0/s1. The van der Waals surface area contributed by atoms with E-state index in [0.29, 0.717) is 30.5 Å². The van der Waals surface area contributed by atoms with E-state index in [1.807, 2.05) is 0 Å². The maximum atomic E-state index is 14.2. The highest BCUT2D eigenvalue weighted by Gasteiger charge is 2.64. The molecule has 1 aromatic carbocycles. The average Bonchev–Trinajstić information content (AvgIpc) is 3.10. The summed E-state index contributed by atoms with van der Waals surface area (Å²) in [5.41, 5.74) is 1.81. The first kappa shape index (κ1) is 40.0. The molecule has 4 aliphatic carbocycles. The molecule has 2 saturated carbocycles. The molecule has 2 fully saturated rings. The summed E-state index contributed by atoms with van der Waals surface area (Å²) in [5.74, 6) is -9.33. The van der Waals surface area contributed by atoms with Crippen molar-refractivity contribution in [3.63, 3.8) is 0 Å². The predicted octanol–water partition coefficient (Wildman–Crippen LogP) is 1.90. The lowest BCUT2D eigenvalue weighted by atomic mass is 9.57.